The van der Waals surface area contributed by atoms with Gasteiger partial charge in [0.2, 0.25) is 9.84 Å². The summed E-state index contributed by atoms with van der Waals surface area (Å²) in [6.45, 7) is 1.61. The van der Waals surface area contributed by atoms with Crippen LogP contribution in [0, 0.1) is 6.92 Å². The fraction of sp³-hybridized carbons (Fsp3) is 0.125. The second kappa shape index (κ2) is 8.92. The Morgan fingerprint density at radius 1 is 1.09 bits per heavy atom. The molecule has 2 aromatic carbocycles. The van der Waals surface area contributed by atoms with Gasteiger partial charge in [0.15, 0.2) is 0 Å². The maximum Gasteiger partial charge on any atom is 0.270 e. The molecule has 10 heteroatoms. The van der Waals surface area contributed by atoms with E-state index >= 15 is 0 Å². The van der Waals surface area contributed by atoms with Crippen molar-refractivity contribution in [2.24, 2.45) is 5.73 Å². The van der Waals surface area contributed by atoms with Crippen LogP contribution in [-0.2, 0) is 16.4 Å². The first-order valence-corrected chi connectivity index (χ1v) is 12.1. The molecule has 0 bridgehead atoms. The summed E-state index contributed by atoms with van der Waals surface area (Å²) in [5.74, 6) is -1.50. The molecule has 0 unspecified atom stereocenters. The SMILES string of the molecule is Cc1c(C(=O)N(C)Cc2cc3cccnc3cc2Cl)[nH]c(C(N)=O)c1S(=O)(=O)c1ccccc1. The van der Waals surface area contributed by atoms with Crippen molar-refractivity contribution in [3.8, 4) is 0 Å². The van der Waals surface area contributed by atoms with Gasteiger partial charge in [-0.05, 0) is 48.4 Å². The number of pyridine rings is 1. The molecule has 0 saturated carbocycles. The number of H-pyrrole nitrogens is 1. The van der Waals surface area contributed by atoms with E-state index in [1.165, 1.54) is 24.0 Å². The lowest BCUT2D eigenvalue weighted by Crippen LogP contribution is -2.27. The number of nitrogens with two attached hydrogens (primary N) is 1. The molecule has 0 aliphatic rings. The summed E-state index contributed by atoms with van der Waals surface area (Å²) < 4.78 is 26.5. The first-order chi connectivity index (χ1) is 16.1. The molecule has 0 radical (unpaired) electrons. The average Bonchev–Trinajstić information content (AvgIpc) is 3.17. The Bertz CT molecular complexity index is 1530. The molecular formula is C24H21ClN4O4S. The maximum absolute atomic E-state index is 13.3. The van der Waals surface area contributed by atoms with Crippen LogP contribution in [-0.4, -0.2) is 42.1 Å². The van der Waals surface area contributed by atoms with Gasteiger partial charge in [-0.15, -0.1) is 0 Å². The van der Waals surface area contributed by atoms with E-state index in [2.05, 4.69) is 9.97 Å². The third-order valence-electron chi connectivity index (χ3n) is 5.50. The van der Waals surface area contributed by atoms with E-state index in [1.807, 2.05) is 12.1 Å². The third kappa shape index (κ3) is 4.15. The molecule has 34 heavy (non-hydrogen) atoms. The monoisotopic (exact) mass is 496 g/mol. The van der Waals surface area contributed by atoms with Crippen LogP contribution in [0.1, 0.15) is 32.1 Å². The number of primary amides is 1. The van der Waals surface area contributed by atoms with E-state index in [4.69, 9.17) is 17.3 Å². The minimum atomic E-state index is -4.10. The van der Waals surface area contributed by atoms with Gasteiger partial charge in [0.1, 0.15) is 16.3 Å². The zero-order chi connectivity index (χ0) is 24.6. The molecule has 0 aliphatic carbocycles. The van der Waals surface area contributed by atoms with Gasteiger partial charge in [-0.2, -0.15) is 0 Å². The smallest absolute Gasteiger partial charge is 0.270 e. The molecule has 174 valence electrons. The first-order valence-electron chi connectivity index (χ1n) is 10.2. The van der Waals surface area contributed by atoms with Gasteiger partial charge in [0.05, 0.1) is 10.4 Å². The van der Waals surface area contributed by atoms with Crippen molar-refractivity contribution in [1.29, 1.82) is 0 Å². The summed E-state index contributed by atoms with van der Waals surface area (Å²) in [5.41, 5.74) is 6.62. The molecule has 4 aromatic rings. The molecule has 8 nitrogen and oxygen atoms in total. The topological polar surface area (TPSA) is 126 Å². The van der Waals surface area contributed by atoms with Crippen LogP contribution in [0.3, 0.4) is 0 Å². The van der Waals surface area contributed by atoms with Crippen molar-refractivity contribution in [3.63, 3.8) is 0 Å². The Kier molecular flexibility index (Phi) is 6.16. The quantitative estimate of drug-likeness (QED) is 0.420. The molecule has 3 N–H and O–H groups in total. The minimum absolute atomic E-state index is 0.0106. The highest BCUT2D eigenvalue weighted by molar-refractivity contribution is 7.91. The number of sulfone groups is 1. The molecule has 0 aliphatic heterocycles. The molecular weight excluding hydrogens is 476 g/mol. The summed E-state index contributed by atoms with van der Waals surface area (Å²) in [5, 5.41) is 1.31. The van der Waals surface area contributed by atoms with E-state index < -0.39 is 21.7 Å². The number of benzene rings is 2. The lowest BCUT2D eigenvalue weighted by molar-refractivity contribution is 0.0779. The molecule has 0 atom stereocenters. The minimum Gasteiger partial charge on any atom is -0.364 e. The van der Waals surface area contributed by atoms with E-state index in [9.17, 15) is 18.0 Å². The Labute approximate surface area is 201 Å². The van der Waals surface area contributed by atoms with Gasteiger partial charge < -0.3 is 15.6 Å². The number of hydrogen-bond acceptors (Lipinski definition) is 5. The molecule has 0 saturated heterocycles. The van der Waals surface area contributed by atoms with Crippen LogP contribution in [0.4, 0.5) is 0 Å². The number of amides is 2. The number of carbonyl (C=O) groups excluding carboxylic acids is 2. The highest BCUT2D eigenvalue weighted by Gasteiger charge is 2.32. The summed E-state index contributed by atoms with van der Waals surface area (Å²) in [4.78, 5) is 33.4. The number of aromatic nitrogens is 2. The number of nitrogens with one attached hydrogen (secondary N) is 1. The van der Waals surface area contributed by atoms with Crippen LogP contribution in [0.25, 0.3) is 10.9 Å². The number of fused-ring (bicyclic) bond motifs is 1. The Morgan fingerprint density at radius 3 is 2.47 bits per heavy atom. The fourth-order valence-electron chi connectivity index (χ4n) is 3.80. The van der Waals surface area contributed by atoms with Crippen LogP contribution < -0.4 is 5.73 Å². The van der Waals surface area contributed by atoms with Crippen LogP contribution >= 0.6 is 11.6 Å². The predicted molar refractivity (Wildman–Crippen MR) is 128 cm³/mol. The Morgan fingerprint density at radius 2 is 1.79 bits per heavy atom. The van der Waals surface area contributed by atoms with Crippen molar-refractivity contribution in [3.05, 3.63) is 88.3 Å². The van der Waals surface area contributed by atoms with Gasteiger partial charge in [0, 0.05) is 30.2 Å². The number of halogens is 1. The molecule has 0 fully saturated rings. The van der Waals surface area contributed by atoms with E-state index in [0.29, 0.717) is 10.6 Å². The zero-order valence-corrected chi connectivity index (χ0v) is 19.9. The highest BCUT2D eigenvalue weighted by atomic mass is 35.5. The van der Waals surface area contributed by atoms with Crippen LogP contribution in [0.2, 0.25) is 5.02 Å². The highest BCUT2D eigenvalue weighted by Crippen LogP contribution is 2.30. The number of aromatic amines is 1. The number of rotatable bonds is 6. The van der Waals surface area contributed by atoms with Crippen LogP contribution in [0.5, 0.6) is 0 Å². The van der Waals surface area contributed by atoms with Gasteiger partial charge in [-0.3, -0.25) is 14.6 Å². The largest absolute Gasteiger partial charge is 0.364 e. The van der Waals surface area contributed by atoms with E-state index in [0.717, 1.165) is 10.9 Å². The average molecular weight is 497 g/mol. The van der Waals surface area contributed by atoms with Crippen LogP contribution in [0.15, 0.2) is 70.6 Å². The number of hydrogen-bond donors (Lipinski definition) is 2. The normalized spacial score (nSPS) is 11.5. The van der Waals surface area contributed by atoms with Crippen molar-refractivity contribution in [1.82, 2.24) is 14.9 Å². The molecule has 2 heterocycles. The molecule has 2 amide bonds. The summed E-state index contributed by atoms with van der Waals surface area (Å²) in [6, 6.07) is 14.9. The summed E-state index contributed by atoms with van der Waals surface area (Å²) >= 11 is 6.40. The fourth-order valence-corrected chi connectivity index (χ4v) is 5.69. The Hall–Kier alpha value is -3.69. The first kappa shape index (κ1) is 23.5. The second-order valence-electron chi connectivity index (χ2n) is 7.81. The third-order valence-corrected chi connectivity index (χ3v) is 7.79. The Balaban J connectivity index is 1.72. The lowest BCUT2D eigenvalue weighted by Gasteiger charge is -2.18. The van der Waals surface area contributed by atoms with Crippen molar-refractivity contribution < 1.29 is 18.0 Å². The summed E-state index contributed by atoms with van der Waals surface area (Å²) in [6.07, 6.45) is 1.67. The van der Waals surface area contributed by atoms with Crippen molar-refractivity contribution in [2.75, 3.05) is 7.05 Å². The number of carbonyl (C=O) groups is 2. The van der Waals surface area contributed by atoms with E-state index in [-0.39, 0.29) is 33.3 Å². The molecule has 2 aromatic heterocycles. The number of nitrogens with zero attached hydrogens (tertiary/aromatic N) is 2. The lowest BCUT2D eigenvalue weighted by atomic mass is 10.1. The second-order valence-corrected chi connectivity index (χ2v) is 10.1. The van der Waals surface area contributed by atoms with Crippen molar-refractivity contribution in [2.45, 2.75) is 23.3 Å². The molecule has 0 spiro atoms. The standard InChI is InChI=1S/C24H21ClN4O4S/c1-14-20(28-21(23(26)30)22(14)34(32,33)17-8-4-3-5-9-17)24(31)29(2)13-16-11-15-7-6-10-27-19(15)12-18(16)25/h3-12,28H,13H2,1-2H3,(H2,26,30). The van der Waals surface area contributed by atoms with Crippen molar-refractivity contribution >= 4 is 44.2 Å². The van der Waals surface area contributed by atoms with Gasteiger partial charge in [0.25, 0.3) is 11.8 Å². The van der Waals surface area contributed by atoms with Gasteiger partial charge >= 0.3 is 0 Å². The van der Waals surface area contributed by atoms with Gasteiger partial charge in [-0.1, -0.05) is 35.9 Å². The maximum atomic E-state index is 13.3. The zero-order valence-electron chi connectivity index (χ0n) is 18.4. The molecule has 4 rings (SSSR count). The summed E-state index contributed by atoms with van der Waals surface area (Å²) in [7, 11) is -2.55. The predicted octanol–water partition coefficient (Wildman–Crippen LogP) is 3.73. The van der Waals surface area contributed by atoms with Gasteiger partial charge in [-0.25, -0.2) is 8.42 Å². The van der Waals surface area contributed by atoms with E-state index in [1.54, 1.807) is 43.6 Å².